The molecule has 1 aromatic heterocycles. The summed E-state index contributed by atoms with van der Waals surface area (Å²) in [5.74, 6) is -0.554. The number of benzene rings is 3. The summed E-state index contributed by atoms with van der Waals surface area (Å²) in [6.07, 6.45) is -0.877. The smallest absolute Gasteiger partial charge is 0.416 e. The van der Waals surface area contributed by atoms with Gasteiger partial charge in [0, 0.05) is 48.6 Å². The Labute approximate surface area is 321 Å². The van der Waals surface area contributed by atoms with Crippen LogP contribution in [0.15, 0.2) is 59.5 Å². The van der Waals surface area contributed by atoms with E-state index in [1.54, 1.807) is 17.0 Å². The molecule has 4 aromatic rings. The number of hydrogen-bond donors (Lipinski definition) is 2. The molecule has 2 aliphatic heterocycles. The third kappa shape index (κ3) is 7.60. The van der Waals surface area contributed by atoms with E-state index in [2.05, 4.69) is 16.4 Å². The van der Waals surface area contributed by atoms with Crippen LogP contribution in [-0.2, 0) is 33.7 Å². The molecule has 56 heavy (non-hydrogen) atoms. The summed E-state index contributed by atoms with van der Waals surface area (Å²) in [6.45, 7) is 4.87. The monoisotopic (exact) mass is 797 g/mol. The van der Waals surface area contributed by atoms with Gasteiger partial charge >= 0.3 is 12.1 Å². The molecule has 0 radical (unpaired) electrons. The zero-order chi connectivity index (χ0) is 40.9. The molecular weight excluding hydrogens is 761 g/mol. The molecule has 4 bridgehead atoms. The molecular formula is C41H37F6N3O5S. The maximum absolute atomic E-state index is 16.6. The van der Waals surface area contributed by atoms with Crippen LogP contribution >= 0.6 is 10.5 Å². The highest BCUT2D eigenvalue weighted by atomic mass is 32.2. The van der Waals surface area contributed by atoms with E-state index < -0.39 is 85.9 Å². The van der Waals surface area contributed by atoms with E-state index >= 15 is 8.78 Å². The third-order valence-corrected chi connectivity index (χ3v) is 11.9. The third-order valence-electron chi connectivity index (χ3n) is 10.3. The highest BCUT2D eigenvalue weighted by Gasteiger charge is 2.44. The number of halogens is 6. The molecule has 1 amide bonds. The van der Waals surface area contributed by atoms with Crippen LogP contribution in [0.1, 0.15) is 57.0 Å². The number of aliphatic carboxylic acids is 1. The van der Waals surface area contributed by atoms with Gasteiger partial charge in [0.05, 0.1) is 12.0 Å². The normalized spacial score (nSPS) is 19.4. The van der Waals surface area contributed by atoms with Gasteiger partial charge < -0.3 is 15.2 Å². The van der Waals surface area contributed by atoms with Crippen LogP contribution in [0.2, 0.25) is 0 Å². The van der Waals surface area contributed by atoms with Gasteiger partial charge in [0.25, 0.3) is 5.56 Å². The topological polar surface area (TPSA) is 101 Å². The van der Waals surface area contributed by atoms with Gasteiger partial charge in [0.2, 0.25) is 5.91 Å². The molecule has 1 saturated heterocycles. The lowest BCUT2D eigenvalue weighted by molar-refractivity contribution is -0.139. The number of terminal acetylenes is 1. The number of alkyl halides is 4. The minimum atomic E-state index is -5.02. The van der Waals surface area contributed by atoms with Crippen molar-refractivity contribution in [3.8, 4) is 28.6 Å². The number of rotatable bonds is 7. The number of aryl methyl sites for hydroxylation is 2. The van der Waals surface area contributed by atoms with Crippen LogP contribution in [-0.4, -0.2) is 58.1 Å². The minimum Gasteiger partial charge on any atom is -0.488 e. The van der Waals surface area contributed by atoms with Gasteiger partial charge in [-0.05, 0) is 96.2 Å². The van der Waals surface area contributed by atoms with Crippen LogP contribution in [0, 0.1) is 44.1 Å². The lowest BCUT2D eigenvalue weighted by atomic mass is 9.90. The number of carbonyl (C=O) groups excluding carboxylic acids is 1. The maximum Gasteiger partial charge on any atom is 0.416 e. The molecule has 0 spiro atoms. The molecule has 0 aliphatic carbocycles. The van der Waals surface area contributed by atoms with E-state index in [4.69, 9.17) is 11.2 Å². The van der Waals surface area contributed by atoms with E-state index in [1.165, 1.54) is 31.2 Å². The van der Waals surface area contributed by atoms with Crippen molar-refractivity contribution >= 4 is 28.2 Å². The highest BCUT2D eigenvalue weighted by molar-refractivity contribution is 8.19. The highest BCUT2D eigenvalue weighted by Crippen LogP contribution is 2.47. The fourth-order valence-electron chi connectivity index (χ4n) is 7.24. The number of amides is 1. The van der Waals surface area contributed by atoms with Crippen molar-refractivity contribution in [3.05, 3.63) is 121 Å². The van der Waals surface area contributed by atoms with Crippen molar-refractivity contribution in [2.24, 2.45) is 0 Å². The summed E-state index contributed by atoms with van der Waals surface area (Å²) in [6, 6.07) is 8.12. The zero-order valence-corrected chi connectivity index (χ0v) is 31.3. The fourth-order valence-corrected chi connectivity index (χ4v) is 8.38. The summed E-state index contributed by atoms with van der Waals surface area (Å²) < 4.78 is 96.3. The maximum atomic E-state index is 16.6. The predicted molar refractivity (Wildman–Crippen MR) is 201 cm³/mol. The molecule has 3 aromatic carbocycles. The second-order valence-corrected chi connectivity index (χ2v) is 15.8. The number of nitrogens with zero attached hydrogens (tertiary/aromatic N) is 2. The molecule has 3 heterocycles. The Morgan fingerprint density at radius 3 is 2.45 bits per heavy atom. The van der Waals surface area contributed by atoms with Crippen molar-refractivity contribution < 1.29 is 45.8 Å². The Morgan fingerprint density at radius 1 is 1.09 bits per heavy atom. The number of likely N-dealkylation sites (tertiary alicyclic amines) is 1. The number of hydrogen-bond acceptors (Lipinski definition) is 5. The number of carboxylic acids is 1. The Bertz CT molecular complexity index is 2380. The average Bonchev–Trinajstić information content (AvgIpc) is 3.11. The summed E-state index contributed by atoms with van der Waals surface area (Å²) in [4.78, 5) is 40.6. The van der Waals surface area contributed by atoms with Gasteiger partial charge in [-0.3, -0.25) is 23.9 Å². The number of fused-ring (bicyclic) bond motifs is 6. The summed E-state index contributed by atoms with van der Waals surface area (Å²) in [5.41, 5.74) is -1.15. The molecule has 15 heteroatoms. The van der Waals surface area contributed by atoms with Crippen molar-refractivity contribution in [2.45, 2.75) is 63.5 Å². The van der Waals surface area contributed by atoms with Crippen LogP contribution in [0.4, 0.5) is 26.3 Å². The number of aromatic nitrogens is 1. The van der Waals surface area contributed by atoms with Gasteiger partial charge in [-0.1, -0.05) is 28.5 Å². The van der Waals surface area contributed by atoms with E-state index in [1.807, 2.05) is 13.8 Å². The first-order valence-corrected chi connectivity index (χ1v) is 18.8. The van der Waals surface area contributed by atoms with Crippen molar-refractivity contribution in [3.63, 3.8) is 0 Å². The number of carbonyl (C=O) groups is 2. The van der Waals surface area contributed by atoms with Gasteiger partial charge in [-0.15, -0.1) is 6.42 Å². The summed E-state index contributed by atoms with van der Waals surface area (Å²) in [7, 11) is -1.89. The molecule has 0 saturated carbocycles. The van der Waals surface area contributed by atoms with Crippen LogP contribution in [0.25, 0.3) is 11.1 Å². The van der Waals surface area contributed by atoms with Gasteiger partial charge in [0.1, 0.15) is 41.1 Å². The van der Waals surface area contributed by atoms with Crippen molar-refractivity contribution in [2.75, 3.05) is 19.6 Å². The van der Waals surface area contributed by atoms with E-state index in [0.29, 0.717) is 33.1 Å². The molecule has 8 nitrogen and oxygen atoms in total. The summed E-state index contributed by atoms with van der Waals surface area (Å²) >= 11 is 0. The molecule has 2 N–H and O–H groups in total. The number of pyridine rings is 1. The predicted octanol–water partition coefficient (Wildman–Crippen LogP) is 7.15. The minimum absolute atomic E-state index is 0.000810. The van der Waals surface area contributed by atoms with Crippen LogP contribution in [0.3, 0.4) is 0 Å². The van der Waals surface area contributed by atoms with E-state index in [0.717, 1.165) is 23.4 Å². The van der Waals surface area contributed by atoms with Crippen molar-refractivity contribution in [1.29, 1.82) is 0 Å². The quantitative estimate of drug-likeness (QED) is 0.117. The van der Waals surface area contributed by atoms with Gasteiger partial charge in [0.15, 0.2) is 0 Å². The number of nitrogens with one attached hydrogen (secondary N) is 1. The Morgan fingerprint density at radius 2 is 1.80 bits per heavy atom. The first-order valence-electron chi connectivity index (χ1n) is 17.4. The fraction of sp³-hybridized carbons (Fsp3) is 0.317. The van der Waals surface area contributed by atoms with Crippen molar-refractivity contribution in [1.82, 2.24) is 14.8 Å². The molecule has 2 aliphatic rings. The second-order valence-electron chi connectivity index (χ2n) is 14.0. The Balaban J connectivity index is 1.66. The Kier molecular flexibility index (Phi) is 11.0. The Hall–Kier alpha value is -5.33. The first-order chi connectivity index (χ1) is 26.3. The molecule has 1 unspecified atom stereocenters. The molecule has 3 atom stereocenters. The van der Waals surface area contributed by atoms with E-state index in [9.17, 15) is 37.1 Å². The lowest BCUT2D eigenvalue weighted by Gasteiger charge is -2.37. The average molecular weight is 798 g/mol. The number of carboxylic acid groups (broad SMARTS) is 1. The van der Waals surface area contributed by atoms with E-state index in [-0.39, 0.29) is 43.8 Å². The van der Waals surface area contributed by atoms with Crippen LogP contribution in [0.5, 0.6) is 5.75 Å². The first kappa shape index (κ1) is 40.3. The lowest BCUT2D eigenvalue weighted by Crippen LogP contribution is -2.50. The van der Waals surface area contributed by atoms with Gasteiger partial charge in [-0.2, -0.15) is 13.2 Å². The molecule has 1 fully saturated rings. The number of ether oxygens (including phenoxy) is 1. The largest absolute Gasteiger partial charge is 0.488 e. The molecule has 294 valence electrons. The van der Waals surface area contributed by atoms with Gasteiger partial charge in [-0.25, -0.2) is 13.2 Å². The summed E-state index contributed by atoms with van der Waals surface area (Å²) in [5, 5.41) is 15.2. The second kappa shape index (κ2) is 15.3. The van der Waals surface area contributed by atoms with Crippen LogP contribution < -0.4 is 15.6 Å². The SMILES string of the molecule is C#CS(=C)[C@]1(CC(=O)O)NC(=O)[C@@H](n2cc(CCN3CC(F)C3)c(C(F)(F)F)cc2=O)c2cc(ccc2F)COc2ccc(C)c(C)c2-c2cc(C)c(F)c1c2. The zero-order valence-electron chi connectivity index (χ0n) is 30.5. The standard InChI is InChI=1S/C41H37F6N3O5S/c1-6-56(5)40(17-35(52)53)31-15-27(13-23(3)37(31)44)36-24(4)22(2)7-10-33(36)55-21-25-8-9-32(43)29(14-25)38(39(54)48-40)50-18-26(11-12-49-19-28(42)20-49)30(16-34(50)51)41(45,46)47/h1,7-10,13-16,18,28,38H,5,11-12,17,19-21H2,2-4H3,(H,48,54)(H,52,53)/t38-,40-,56?/m0/s1. The molecule has 6 rings (SSSR count).